The predicted octanol–water partition coefficient (Wildman–Crippen LogP) is 2.83. The monoisotopic (exact) mass is 314 g/mol. The molecule has 0 saturated heterocycles. The molecule has 0 aromatic heterocycles. The molecule has 0 aliphatic carbocycles. The summed E-state index contributed by atoms with van der Waals surface area (Å²) in [6.07, 6.45) is 1.02. The molecule has 0 heterocycles. The molecule has 2 N–H and O–H groups in total. The van der Waals surface area contributed by atoms with Gasteiger partial charge in [-0.05, 0) is 44.5 Å². The number of rotatable bonds is 9. The van der Waals surface area contributed by atoms with Gasteiger partial charge in [0, 0.05) is 18.2 Å². The minimum atomic E-state index is -0.195. The van der Waals surface area contributed by atoms with Crippen LogP contribution in [0.1, 0.15) is 20.3 Å². The number of halogens is 1. The van der Waals surface area contributed by atoms with E-state index in [4.69, 9.17) is 21.1 Å². The van der Waals surface area contributed by atoms with Crippen LogP contribution in [-0.4, -0.2) is 38.4 Å². The Balaban J connectivity index is 1.99. The smallest absolute Gasteiger partial charge is 0.314 e. The van der Waals surface area contributed by atoms with Crippen molar-refractivity contribution < 1.29 is 14.3 Å². The van der Waals surface area contributed by atoms with Crippen LogP contribution in [0.25, 0.3) is 0 Å². The summed E-state index contributed by atoms with van der Waals surface area (Å²) in [5.41, 5.74) is 0. The first-order chi connectivity index (χ1) is 10.1. The third-order valence-electron chi connectivity index (χ3n) is 2.53. The molecule has 0 bridgehead atoms. The second-order valence-corrected chi connectivity index (χ2v) is 5.19. The molecule has 0 fully saturated rings. The summed E-state index contributed by atoms with van der Waals surface area (Å²) in [4.78, 5) is 11.5. The van der Waals surface area contributed by atoms with E-state index >= 15 is 0 Å². The fraction of sp³-hybridized carbons (Fsp3) is 0.533. The lowest BCUT2D eigenvalue weighted by molar-refractivity contribution is 0.0774. The first-order valence-corrected chi connectivity index (χ1v) is 7.47. The first kappa shape index (κ1) is 17.6. The molecule has 1 rings (SSSR count). The van der Waals surface area contributed by atoms with Crippen molar-refractivity contribution >= 4 is 17.6 Å². The Bertz CT molecular complexity index is 410. The van der Waals surface area contributed by atoms with Gasteiger partial charge in [0.05, 0.1) is 12.6 Å². The second-order valence-electron chi connectivity index (χ2n) is 4.76. The average molecular weight is 315 g/mol. The lowest BCUT2D eigenvalue weighted by atomic mass is 10.3. The molecule has 0 saturated carbocycles. The summed E-state index contributed by atoms with van der Waals surface area (Å²) in [6, 6.07) is 6.90. The SMILES string of the molecule is CC(C)OCCCNC(=O)NCCOc1ccc(Cl)cc1. The van der Waals surface area contributed by atoms with Crippen LogP contribution in [0.3, 0.4) is 0 Å². The highest BCUT2D eigenvalue weighted by molar-refractivity contribution is 6.30. The zero-order valence-corrected chi connectivity index (χ0v) is 13.3. The zero-order chi connectivity index (χ0) is 15.5. The third-order valence-corrected chi connectivity index (χ3v) is 2.78. The van der Waals surface area contributed by atoms with Gasteiger partial charge >= 0.3 is 6.03 Å². The van der Waals surface area contributed by atoms with Crippen molar-refractivity contribution in [1.29, 1.82) is 0 Å². The number of amides is 2. The minimum absolute atomic E-state index is 0.195. The van der Waals surface area contributed by atoms with Gasteiger partial charge < -0.3 is 20.1 Å². The van der Waals surface area contributed by atoms with Crippen LogP contribution >= 0.6 is 11.6 Å². The number of carbonyl (C=O) groups is 1. The maximum Gasteiger partial charge on any atom is 0.314 e. The predicted molar refractivity (Wildman–Crippen MR) is 84.1 cm³/mol. The third kappa shape index (κ3) is 9.15. The summed E-state index contributed by atoms with van der Waals surface area (Å²) < 4.78 is 10.8. The summed E-state index contributed by atoms with van der Waals surface area (Å²) in [6.45, 7) is 6.07. The van der Waals surface area contributed by atoms with Crippen LogP contribution in [-0.2, 0) is 4.74 Å². The van der Waals surface area contributed by atoms with Gasteiger partial charge in [-0.2, -0.15) is 0 Å². The van der Waals surface area contributed by atoms with Gasteiger partial charge in [-0.3, -0.25) is 0 Å². The molecule has 1 aromatic rings. The number of carbonyl (C=O) groups excluding carboxylic acids is 1. The molecule has 1 aromatic carbocycles. The van der Waals surface area contributed by atoms with Crippen molar-refractivity contribution in [3.63, 3.8) is 0 Å². The van der Waals surface area contributed by atoms with E-state index in [1.807, 2.05) is 13.8 Å². The van der Waals surface area contributed by atoms with Gasteiger partial charge in [0.25, 0.3) is 0 Å². The van der Waals surface area contributed by atoms with Crippen molar-refractivity contribution in [2.75, 3.05) is 26.3 Å². The van der Waals surface area contributed by atoms with Gasteiger partial charge in [0.1, 0.15) is 12.4 Å². The fourth-order valence-electron chi connectivity index (χ4n) is 1.52. The molecule has 2 amide bonds. The average Bonchev–Trinajstić information content (AvgIpc) is 2.45. The Hall–Kier alpha value is -1.46. The topological polar surface area (TPSA) is 59.6 Å². The van der Waals surface area contributed by atoms with Gasteiger partial charge in [0.15, 0.2) is 0 Å². The van der Waals surface area contributed by atoms with Crippen LogP contribution in [0.5, 0.6) is 5.75 Å². The van der Waals surface area contributed by atoms with E-state index in [2.05, 4.69) is 10.6 Å². The standard InChI is InChI=1S/C15H23ClN2O3/c1-12(2)20-10-3-8-17-15(19)18-9-11-21-14-6-4-13(16)5-7-14/h4-7,12H,3,8-11H2,1-2H3,(H2,17,18,19). The minimum Gasteiger partial charge on any atom is -0.492 e. The van der Waals surface area contributed by atoms with E-state index in [0.717, 1.165) is 12.2 Å². The van der Waals surface area contributed by atoms with E-state index in [0.29, 0.717) is 31.3 Å². The van der Waals surface area contributed by atoms with Crippen LogP contribution < -0.4 is 15.4 Å². The van der Waals surface area contributed by atoms with Crippen LogP contribution in [0, 0.1) is 0 Å². The number of hydrogen-bond acceptors (Lipinski definition) is 3. The highest BCUT2D eigenvalue weighted by Gasteiger charge is 2.00. The van der Waals surface area contributed by atoms with Crippen molar-refractivity contribution in [2.24, 2.45) is 0 Å². The molecule has 21 heavy (non-hydrogen) atoms. The second kappa shape index (κ2) is 10.3. The van der Waals surface area contributed by atoms with E-state index in [1.54, 1.807) is 24.3 Å². The fourth-order valence-corrected chi connectivity index (χ4v) is 1.65. The maximum absolute atomic E-state index is 11.5. The lowest BCUT2D eigenvalue weighted by Gasteiger charge is -2.10. The highest BCUT2D eigenvalue weighted by atomic mass is 35.5. The molecule has 6 heteroatoms. The van der Waals surface area contributed by atoms with E-state index in [-0.39, 0.29) is 12.1 Å². The van der Waals surface area contributed by atoms with E-state index in [9.17, 15) is 4.79 Å². The molecule has 0 spiro atoms. The number of ether oxygens (including phenoxy) is 2. The molecular formula is C15H23ClN2O3. The van der Waals surface area contributed by atoms with Crippen molar-refractivity contribution in [3.05, 3.63) is 29.3 Å². The molecule has 0 unspecified atom stereocenters. The van der Waals surface area contributed by atoms with E-state index in [1.165, 1.54) is 0 Å². The molecule has 118 valence electrons. The van der Waals surface area contributed by atoms with Gasteiger partial charge in [-0.15, -0.1) is 0 Å². The van der Waals surface area contributed by atoms with Crippen LogP contribution in [0.15, 0.2) is 24.3 Å². The summed E-state index contributed by atoms with van der Waals surface area (Å²) >= 11 is 5.77. The Kier molecular flexibility index (Phi) is 8.62. The molecule has 0 aliphatic heterocycles. The molecule has 0 radical (unpaired) electrons. The van der Waals surface area contributed by atoms with Gasteiger partial charge in [0.2, 0.25) is 0 Å². The first-order valence-electron chi connectivity index (χ1n) is 7.09. The Morgan fingerprint density at radius 1 is 1.14 bits per heavy atom. The van der Waals surface area contributed by atoms with E-state index < -0.39 is 0 Å². The Labute approximate surface area is 131 Å². The van der Waals surface area contributed by atoms with Crippen LogP contribution in [0.2, 0.25) is 5.02 Å². The van der Waals surface area contributed by atoms with Crippen molar-refractivity contribution in [3.8, 4) is 5.75 Å². The Morgan fingerprint density at radius 3 is 2.48 bits per heavy atom. The Morgan fingerprint density at radius 2 is 1.81 bits per heavy atom. The highest BCUT2D eigenvalue weighted by Crippen LogP contribution is 2.14. The molecule has 5 nitrogen and oxygen atoms in total. The molecular weight excluding hydrogens is 292 g/mol. The van der Waals surface area contributed by atoms with Crippen molar-refractivity contribution in [1.82, 2.24) is 10.6 Å². The zero-order valence-electron chi connectivity index (χ0n) is 12.5. The lowest BCUT2D eigenvalue weighted by Crippen LogP contribution is -2.38. The largest absolute Gasteiger partial charge is 0.492 e. The summed E-state index contributed by atoms with van der Waals surface area (Å²) in [5, 5.41) is 6.15. The number of urea groups is 1. The maximum atomic E-state index is 11.5. The number of hydrogen-bond donors (Lipinski definition) is 2. The molecule has 0 aliphatic rings. The normalized spacial score (nSPS) is 10.5. The van der Waals surface area contributed by atoms with Gasteiger partial charge in [-0.25, -0.2) is 4.79 Å². The number of nitrogens with one attached hydrogen (secondary N) is 2. The van der Waals surface area contributed by atoms with Gasteiger partial charge in [-0.1, -0.05) is 11.6 Å². The van der Waals surface area contributed by atoms with Crippen molar-refractivity contribution in [2.45, 2.75) is 26.4 Å². The van der Waals surface area contributed by atoms with Crippen LogP contribution in [0.4, 0.5) is 4.79 Å². The quantitative estimate of drug-likeness (QED) is 0.689. The summed E-state index contributed by atoms with van der Waals surface area (Å²) in [5.74, 6) is 0.729. The number of benzene rings is 1. The molecule has 0 atom stereocenters. The summed E-state index contributed by atoms with van der Waals surface area (Å²) in [7, 11) is 0.